The first kappa shape index (κ1) is 12.9. The molecular weight excluding hydrogens is 341 g/mol. The van der Waals surface area contributed by atoms with Gasteiger partial charge in [0.05, 0.1) is 46.9 Å². The highest BCUT2D eigenvalue weighted by molar-refractivity contribution is 14.1. The van der Waals surface area contributed by atoms with Crippen molar-refractivity contribution in [1.29, 1.82) is 0 Å². The summed E-state index contributed by atoms with van der Waals surface area (Å²) in [6.45, 7) is 0. The van der Waals surface area contributed by atoms with Crippen molar-refractivity contribution in [1.82, 2.24) is 0 Å². The van der Waals surface area contributed by atoms with E-state index in [9.17, 15) is 4.79 Å². The van der Waals surface area contributed by atoms with Crippen LogP contribution in [0.3, 0.4) is 0 Å². The Labute approximate surface area is 120 Å². The van der Waals surface area contributed by atoms with Gasteiger partial charge in [-0.3, -0.25) is 3.11 Å². The summed E-state index contributed by atoms with van der Waals surface area (Å²) >= 11 is 2.23. The molecular formula is C14H12INO2. The third-order valence-corrected chi connectivity index (χ3v) is 3.61. The maximum atomic E-state index is 11.3. The molecule has 92 valence electrons. The fourth-order valence-electron chi connectivity index (χ4n) is 1.55. The molecule has 0 amide bonds. The number of methoxy groups -OCH3 is 1. The number of benzene rings is 2. The zero-order valence-electron chi connectivity index (χ0n) is 9.84. The minimum absolute atomic E-state index is 0.318. The van der Waals surface area contributed by atoms with Crippen LogP contribution in [-0.2, 0) is 4.74 Å². The van der Waals surface area contributed by atoms with Crippen LogP contribution < -0.4 is 3.11 Å². The molecule has 0 aliphatic rings. The van der Waals surface area contributed by atoms with Gasteiger partial charge in [-0.25, -0.2) is 4.79 Å². The Bertz CT molecular complexity index is 525. The SMILES string of the molecule is COC(=O)c1ccc(N(I)c2ccccc2)cc1. The highest BCUT2D eigenvalue weighted by atomic mass is 127. The van der Waals surface area contributed by atoms with Crippen molar-refractivity contribution in [2.24, 2.45) is 0 Å². The third kappa shape index (κ3) is 2.81. The predicted molar refractivity (Wildman–Crippen MR) is 80.4 cm³/mol. The van der Waals surface area contributed by atoms with Gasteiger partial charge < -0.3 is 4.74 Å². The van der Waals surface area contributed by atoms with Gasteiger partial charge in [0, 0.05) is 0 Å². The average molecular weight is 353 g/mol. The van der Waals surface area contributed by atoms with Gasteiger partial charge in [0.25, 0.3) is 0 Å². The average Bonchev–Trinajstić information content (AvgIpc) is 2.47. The van der Waals surface area contributed by atoms with E-state index in [0.717, 1.165) is 11.4 Å². The standard InChI is InChI=1S/C14H12INO2/c1-18-14(17)11-7-9-13(10-8-11)16(15)12-5-3-2-4-6-12/h2-10H,1H3. The van der Waals surface area contributed by atoms with Crippen molar-refractivity contribution in [3.05, 3.63) is 60.2 Å². The first-order valence-electron chi connectivity index (χ1n) is 5.41. The smallest absolute Gasteiger partial charge is 0.337 e. The normalized spacial score (nSPS) is 9.89. The monoisotopic (exact) mass is 353 g/mol. The Morgan fingerprint density at radius 2 is 1.56 bits per heavy atom. The van der Waals surface area contributed by atoms with E-state index in [-0.39, 0.29) is 5.97 Å². The molecule has 2 aromatic carbocycles. The number of nitrogens with zero attached hydrogens (tertiary/aromatic N) is 1. The Balaban J connectivity index is 2.22. The van der Waals surface area contributed by atoms with E-state index in [1.165, 1.54) is 7.11 Å². The summed E-state index contributed by atoms with van der Waals surface area (Å²) in [4.78, 5) is 11.3. The summed E-state index contributed by atoms with van der Waals surface area (Å²) in [7, 11) is 1.38. The number of hydrogen-bond donors (Lipinski definition) is 0. The predicted octanol–water partition coefficient (Wildman–Crippen LogP) is 3.96. The van der Waals surface area contributed by atoms with Crippen molar-refractivity contribution in [3.63, 3.8) is 0 Å². The molecule has 3 nitrogen and oxygen atoms in total. The topological polar surface area (TPSA) is 29.5 Å². The van der Waals surface area contributed by atoms with E-state index in [0.29, 0.717) is 5.56 Å². The fourth-order valence-corrected chi connectivity index (χ4v) is 2.20. The molecule has 2 rings (SSSR count). The van der Waals surface area contributed by atoms with E-state index >= 15 is 0 Å². The van der Waals surface area contributed by atoms with E-state index in [1.807, 2.05) is 45.6 Å². The molecule has 0 heterocycles. The minimum atomic E-state index is -0.318. The molecule has 0 aliphatic heterocycles. The van der Waals surface area contributed by atoms with Crippen LogP contribution in [-0.4, -0.2) is 13.1 Å². The zero-order chi connectivity index (χ0) is 13.0. The molecule has 0 fully saturated rings. The summed E-state index contributed by atoms with van der Waals surface area (Å²) in [5, 5.41) is 0. The van der Waals surface area contributed by atoms with E-state index in [1.54, 1.807) is 12.1 Å². The Hall–Kier alpha value is -1.56. The molecule has 2 aromatic rings. The van der Waals surface area contributed by atoms with Crippen LogP contribution in [0.1, 0.15) is 10.4 Å². The van der Waals surface area contributed by atoms with Crippen LogP contribution in [0.4, 0.5) is 11.4 Å². The van der Waals surface area contributed by atoms with Gasteiger partial charge in [0.2, 0.25) is 0 Å². The lowest BCUT2D eigenvalue weighted by Gasteiger charge is -2.16. The number of para-hydroxylation sites is 1. The van der Waals surface area contributed by atoms with Crippen molar-refractivity contribution in [2.75, 3.05) is 10.2 Å². The summed E-state index contributed by atoms with van der Waals surface area (Å²) < 4.78 is 6.69. The van der Waals surface area contributed by atoms with Crippen LogP contribution in [0.2, 0.25) is 0 Å². The van der Waals surface area contributed by atoms with Crippen LogP contribution >= 0.6 is 22.9 Å². The number of esters is 1. The Kier molecular flexibility index (Phi) is 4.19. The molecule has 0 saturated heterocycles. The van der Waals surface area contributed by atoms with Crippen molar-refractivity contribution >= 4 is 40.2 Å². The number of halogens is 1. The highest BCUT2D eigenvalue weighted by Crippen LogP contribution is 2.29. The Morgan fingerprint density at radius 1 is 1.00 bits per heavy atom. The summed E-state index contributed by atoms with van der Waals surface area (Å²) in [5.41, 5.74) is 2.65. The summed E-state index contributed by atoms with van der Waals surface area (Å²) in [5.74, 6) is -0.318. The lowest BCUT2D eigenvalue weighted by molar-refractivity contribution is 0.0601. The second-order valence-electron chi connectivity index (χ2n) is 3.65. The van der Waals surface area contributed by atoms with Gasteiger partial charge in [-0.05, 0) is 36.4 Å². The van der Waals surface area contributed by atoms with Gasteiger partial charge in [-0.1, -0.05) is 18.2 Å². The number of hydrogen-bond acceptors (Lipinski definition) is 3. The number of carbonyl (C=O) groups is 1. The Morgan fingerprint density at radius 3 is 2.11 bits per heavy atom. The number of rotatable bonds is 3. The van der Waals surface area contributed by atoms with Gasteiger partial charge in [0.1, 0.15) is 0 Å². The zero-order valence-corrected chi connectivity index (χ0v) is 12.0. The number of anilines is 2. The maximum Gasteiger partial charge on any atom is 0.337 e. The first-order chi connectivity index (χ1) is 8.72. The molecule has 0 bridgehead atoms. The van der Waals surface area contributed by atoms with Crippen LogP contribution in [0.5, 0.6) is 0 Å². The van der Waals surface area contributed by atoms with Crippen LogP contribution in [0, 0.1) is 0 Å². The molecule has 0 saturated carbocycles. The minimum Gasteiger partial charge on any atom is -0.465 e. The molecule has 0 N–H and O–H groups in total. The fraction of sp³-hybridized carbons (Fsp3) is 0.0714. The second kappa shape index (κ2) is 5.86. The summed E-state index contributed by atoms with van der Waals surface area (Å²) in [6, 6.07) is 17.3. The van der Waals surface area contributed by atoms with Crippen LogP contribution in [0.25, 0.3) is 0 Å². The van der Waals surface area contributed by atoms with Gasteiger partial charge >= 0.3 is 5.97 Å². The molecule has 18 heavy (non-hydrogen) atoms. The van der Waals surface area contributed by atoms with Crippen LogP contribution in [0.15, 0.2) is 54.6 Å². The number of carbonyl (C=O) groups excluding carboxylic acids is 1. The highest BCUT2D eigenvalue weighted by Gasteiger charge is 2.08. The van der Waals surface area contributed by atoms with Gasteiger partial charge in [-0.15, -0.1) is 0 Å². The van der Waals surface area contributed by atoms with Gasteiger partial charge in [0.15, 0.2) is 0 Å². The number of ether oxygens (including phenoxy) is 1. The quantitative estimate of drug-likeness (QED) is 0.475. The lowest BCUT2D eigenvalue weighted by atomic mass is 10.2. The molecule has 4 heteroatoms. The first-order valence-corrected chi connectivity index (χ1v) is 6.38. The van der Waals surface area contributed by atoms with E-state index in [2.05, 4.69) is 27.6 Å². The summed E-state index contributed by atoms with van der Waals surface area (Å²) in [6.07, 6.45) is 0. The maximum absolute atomic E-state index is 11.3. The van der Waals surface area contributed by atoms with Crippen molar-refractivity contribution in [2.45, 2.75) is 0 Å². The molecule has 0 aromatic heterocycles. The molecule has 0 spiro atoms. The van der Waals surface area contributed by atoms with E-state index < -0.39 is 0 Å². The second-order valence-corrected chi connectivity index (χ2v) is 4.62. The van der Waals surface area contributed by atoms with E-state index in [4.69, 9.17) is 0 Å². The lowest BCUT2D eigenvalue weighted by Crippen LogP contribution is -2.03. The molecule has 0 unspecified atom stereocenters. The largest absolute Gasteiger partial charge is 0.465 e. The van der Waals surface area contributed by atoms with Crippen molar-refractivity contribution in [3.8, 4) is 0 Å². The van der Waals surface area contributed by atoms with Crippen molar-refractivity contribution < 1.29 is 9.53 Å². The molecule has 0 aliphatic carbocycles. The molecule has 0 radical (unpaired) electrons. The molecule has 0 atom stereocenters. The third-order valence-electron chi connectivity index (χ3n) is 2.50. The van der Waals surface area contributed by atoms with Gasteiger partial charge in [-0.2, -0.15) is 0 Å².